The van der Waals surface area contributed by atoms with Crippen LogP contribution in [0.2, 0.25) is 0 Å². The summed E-state index contributed by atoms with van der Waals surface area (Å²) in [5.41, 5.74) is 3.39. The van der Waals surface area contributed by atoms with Gasteiger partial charge in [0.2, 0.25) is 0 Å². The van der Waals surface area contributed by atoms with Crippen molar-refractivity contribution in [1.82, 2.24) is 19.1 Å². The van der Waals surface area contributed by atoms with Crippen LogP contribution >= 0.6 is 0 Å². The van der Waals surface area contributed by atoms with Gasteiger partial charge >= 0.3 is 0 Å². The van der Waals surface area contributed by atoms with Crippen LogP contribution in [0.3, 0.4) is 0 Å². The maximum absolute atomic E-state index is 9.09. The van der Waals surface area contributed by atoms with Crippen molar-refractivity contribution in [3.63, 3.8) is 0 Å². The second-order valence-electron chi connectivity index (χ2n) is 16.1. The average molecular weight is 1030 g/mol. The monoisotopic (exact) mass is 1030 g/mol. The minimum atomic E-state index is -1.69. The number of nitrogens with zero attached hydrogens (tertiary/aromatic N) is 5. The van der Waals surface area contributed by atoms with Crippen molar-refractivity contribution in [2.75, 3.05) is 0 Å². The van der Waals surface area contributed by atoms with E-state index in [-0.39, 0.29) is 60.6 Å². The van der Waals surface area contributed by atoms with Gasteiger partial charge < -0.3 is 9.30 Å². The van der Waals surface area contributed by atoms with E-state index in [0.29, 0.717) is 39.4 Å². The smallest absolute Gasteiger partial charge is 0.269 e. The summed E-state index contributed by atoms with van der Waals surface area (Å²) < 4.78 is 118. The van der Waals surface area contributed by atoms with Crippen molar-refractivity contribution in [2.24, 2.45) is 5.41 Å². The van der Waals surface area contributed by atoms with Gasteiger partial charge in [-0.15, -0.1) is 23.6 Å². The number of pyridine rings is 2. The van der Waals surface area contributed by atoms with Crippen molar-refractivity contribution in [3.05, 3.63) is 218 Å². The maximum Gasteiger partial charge on any atom is 0.269 e. The van der Waals surface area contributed by atoms with E-state index in [2.05, 4.69) is 18.5 Å². The Labute approximate surface area is 410 Å². The maximum atomic E-state index is 9.09. The molecule has 0 unspecified atom stereocenters. The fourth-order valence-corrected chi connectivity index (χ4v) is 8.04. The Morgan fingerprint density at radius 3 is 2.06 bits per heavy atom. The van der Waals surface area contributed by atoms with Gasteiger partial charge in [0.1, 0.15) is 5.82 Å². The molecule has 0 fully saturated rings. The van der Waals surface area contributed by atoms with Crippen LogP contribution in [0.25, 0.3) is 83.7 Å². The summed E-state index contributed by atoms with van der Waals surface area (Å²) in [7, 11) is 0. The third-order valence-corrected chi connectivity index (χ3v) is 10.6. The van der Waals surface area contributed by atoms with Gasteiger partial charge in [-0.3, -0.25) is 14.1 Å². The van der Waals surface area contributed by atoms with Gasteiger partial charge in [-0.1, -0.05) is 178 Å². The zero-order chi connectivity index (χ0) is 53.7. The van der Waals surface area contributed by atoms with Crippen LogP contribution < -0.4 is 9.30 Å². The molecule has 11 rings (SSSR count). The van der Waals surface area contributed by atoms with E-state index >= 15 is 0 Å². The van der Waals surface area contributed by atoms with Gasteiger partial charge in [-0.25, -0.2) is 4.98 Å². The van der Waals surface area contributed by atoms with E-state index in [4.69, 9.17) is 31.2 Å². The third-order valence-electron chi connectivity index (χ3n) is 10.6. The number of hydrogen-bond acceptors (Lipinski definition) is 3. The summed E-state index contributed by atoms with van der Waals surface area (Å²) in [6.45, 7) is 5.59. The number of para-hydroxylation sites is 4. The molecule has 318 valence electrons. The molecule has 65 heavy (non-hydrogen) atoms. The van der Waals surface area contributed by atoms with Crippen LogP contribution in [0, 0.1) is 23.9 Å². The van der Waals surface area contributed by atoms with Crippen LogP contribution in [0.5, 0.6) is 11.5 Å². The number of hydrogen-bond donors (Lipinski definition) is 0. The summed E-state index contributed by atoms with van der Waals surface area (Å²) in [5, 5.41) is 1.80. The normalized spacial score (nSPS) is 14.4. The predicted molar refractivity (Wildman–Crippen MR) is 257 cm³/mol. The summed E-state index contributed by atoms with van der Waals surface area (Å²) in [6.07, 6.45) is 3.32. The molecule has 0 saturated heterocycles. The number of fused-ring (bicyclic) bond motifs is 4. The van der Waals surface area contributed by atoms with Gasteiger partial charge in [0.05, 0.1) is 36.2 Å². The molecule has 0 N–H and O–H groups in total. The molecular formula is C58H43N5OPt-2. The number of aromatic nitrogens is 5. The van der Waals surface area contributed by atoms with E-state index in [0.717, 1.165) is 21.9 Å². The van der Waals surface area contributed by atoms with E-state index in [1.54, 1.807) is 76.0 Å². The fourth-order valence-electron chi connectivity index (χ4n) is 8.04. The molecule has 7 heteroatoms. The quantitative estimate of drug-likeness (QED) is 0.107. The first-order chi connectivity index (χ1) is 36.3. The van der Waals surface area contributed by atoms with Gasteiger partial charge in [0, 0.05) is 41.3 Å². The average Bonchev–Trinajstić information content (AvgIpc) is 4.07. The molecule has 0 aliphatic heterocycles. The van der Waals surface area contributed by atoms with E-state index in [9.17, 15) is 0 Å². The Morgan fingerprint density at radius 1 is 0.662 bits per heavy atom. The number of ether oxygens (including phenoxy) is 1. The fraction of sp³-hybridized carbons (Fsp3) is 0.0862. The van der Waals surface area contributed by atoms with Crippen molar-refractivity contribution in [2.45, 2.75) is 27.1 Å². The summed E-state index contributed by atoms with van der Waals surface area (Å²) in [4.78, 5) is 9.84. The van der Waals surface area contributed by atoms with Crippen LogP contribution in [0.15, 0.2) is 194 Å². The standard InChI is InChI=1S/C58H43N5O.Pt/c1-58(2,3)38-40-32-33-59-55(34-40)63-51-27-14-13-24-48(51)49-31-30-44(36-54(49)63)64-45-35-50(43-22-11-6-12-23-43)60-56(37-45)61-39-62(53-29-16-15-28-52(53)61)57-46(41-18-7-4-8-19-41)25-17-26-47(57)42-20-9-5-10-21-42;/h4-35H,38H2,1-3H3;/q-2;/i4D,5D,7D,8D,9D,10D,18D,19D,20D,21D,38D2;. The van der Waals surface area contributed by atoms with E-state index in [1.807, 2.05) is 92.1 Å². The van der Waals surface area contributed by atoms with Crippen molar-refractivity contribution in [1.29, 1.82) is 0 Å². The Kier molecular flexibility index (Phi) is 7.94. The van der Waals surface area contributed by atoms with Crippen LogP contribution in [0.1, 0.15) is 42.8 Å². The Morgan fingerprint density at radius 2 is 1.34 bits per heavy atom. The van der Waals surface area contributed by atoms with Crippen LogP contribution in [-0.2, 0) is 27.4 Å². The zero-order valence-electron chi connectivity index (χ0n) is 47.2. The van der Waals surface area contributed by atoms with E-state index in [1.165, 1.54) is 0 Å². The Balaban J connectivity index is 0.00000672. The second-order valence-corrected chi connectivity index (χ2v) is 16.1. The molecule has 0 atom stereocenters. The molecular weight excluding hydrogens is 978 g/mol. The molecule has 0 saturated carbocycles. The van der Waals surface area contributed by atoms with Gasteiger partial charge in [-0.05, 0) is 80.2 Å². The largest absolute Gasteiger partial charge is 0.522 e. The summed E-state index contributed by atoms with van der Waals surface area (Å²) in [6, 6.07) is 39.4. The van der Waals surface area contributed by atoms with Gasteiger partial charge in [0.25, 0.3) is 6.33 Å². The van der Waals surface area contributed by atoms with Crippen molar-refractivity contribution >= 4 is 32.8 Å². The molecule has 0 radical (unpaired) electrons. The molecule has 0 bridgehead atoms. The Hall–Kier alpha value is -7.40. The van der Waals surface area contributed by atoms with Gasteiger partial charge in [0.15, 0.2) is 0 Å². The summed E-state index contributed by atoms with van der Waals surface area (Å²) in [5.74, 6) is 1.25. The minimum absolute atomic E-state index is 0. The third kappa shape index (κ3) is 8.07. The molecule has 6 nitrogen and oxygen atoms in total. The topological polar surface area (TPSA) is 48.8 Å². The molecule has 4 heterocycles. The number of imidazole rings is 1. The first-order valence-electron chi connectivity index (χ1n) is 26.6. The minimum Gasteiger partial charge on any atom is -0.522 e. The first kappa shape index (κ1) is 29.9. The Bertz CT molecular complexity index is 4050. The van der Waals surface area contributed by atoms with Crippen molar-refractivity contribution < 1.29 is 46.8 Å². The molecule has 0 amide bonds. The zero-order valence-corrected chi connectivity index (χ0v) is 37.4. The van der Waals surface area contributed by atoms with Crippen LogP contribution in [-0.4, -0.2) is 19.1 Å². The summed E-state index contributed by atoms with van der Waals surface area (Å²) >= 11 is 0. The number of rotatable bonds is 9. The van der Waals surface area contributed by atoms with Crippen LogP contribution in [0.4, 0.5) is 0 Å². The predicted octanol–water partition coefficient (Wildman–Crippen LogP) is 13.6. The molecule has 0 aliphatic carbocycles. The first-order valence-corrected chi connectivity index (χ1v) is 20.6. The molecule has 4 aromatic heterocycles. The second kappa shape index (κ2) is 17.3. The van der Waals surface area contributed by atoms with E-state index < -0.39 is 72.2 Å². The molecule has 0 aliphatic rings. The molecule has 11 aromatic rings. The van der Waals surface area contributed by atoms with Crippen molar-refractivity contribution in [3.8, 4) is 62.3 Å². The van der Waals surface area contributed by atoms with Gasteiger partial charge in [-0.2, -0.15) is 12.1 Å². The number of benzene rings is 7. The SMILES string of the molecule is [2H]c1c([2H])c([2H])c(-c2cccc(-c3c([2H])c([2H])c([2H])c([2H])c3[2H])c2-[n+]2[c-]n(-c3[c-]c(Oc4[c-]c5c(cc4)c4ccccc4n5-c4cc(C([2H])([2H])C(C)(C)C)ccn4)cc(-c4ccccc4)n3)c3ccccc32)c([2H])c1[2H].[Pt]. The molecule has 7 aromatic carbocycles. The molecule has 0 spiro atoms.